The summed E-state index contributed by atoms with van der Waals surface area (Å²) in [6, 6.07) is -0.302. The molecule has 0 spiro atoms. The third-order valence-corrected chi connectivity index (χ3v) is 2.37. The molecule has 6 heteroatoms. The zero-order chi connectivity index (χ0) is 11.8. The van der Waals surface area contributed by atoms with Crippen LogP contribution in [-0.4, -0.2) is 43.6 Å². The number of nitrogens with one attached hydrogen (secondary N) is 1. The Labute approximate surface area is 96.0 Å². The maximum absolute atomic E-state index is 11.6. The van der Waals surface area contributed by atoms with Gasteiger partial charge in [0.25, 0.3) is 0 Å². The lowest BCUT2D eigenvalue weighted by Gasteiger charge is -2.21. The van der Waals surface area contributed by atoms with Gasteiger partial charge in [-0.3, -0.25) is 4.79 Å². The Morgan fingerprint density at radius 2 is 2.13 bits per heavy atom. The smallest absolute Gasteiger partial charge is 0.324 e. The van der Waals surface area contributed by atoms with Crippen LogP contribution in [0.1, 0.15) is 13.8 Å². The molecule has 0 saturated carbocycles. The summed E-state index contributed by atoms with van der Waals surface area (Å²) in [6.45, 7) is 4.57. The van der Waals surface area contributed by atoms with Crippen molar-refractivity contribution in [1.82, 2.24) is 9.03 Å². The van der Waals surface area contributed by atoms with Crippen molar-refractivity contribution < 1.29 is 9.53 Å². The summed E-state index contributed by atoms with van der Waals surface area (Å²) in [4.78, 5) is 11.6. The van der Waals surface area contributed by atoms with Crippen LogP contribution >= 0.6 is 12.1 Å². The molecule has 3 N–H and O–H groups in total. The monoisotopic (exact) mass is 235 g/mol. The highest BCUT2D eigenvalue weighted by molar-refractivity contribution is 7.95. The van der Waals surface area contributed by atoms with Crippen molar-refractivity contribution in [3.63, 3.8) is 0 Å². The molecule has 90 valence electrons. The van der Waals surface area contributed by atoms with Crippen LogP contribution in [0.2, 0.25) is 0 Å². The van der Waals surface area contributed by atoms with Gasteiger partial charge >= 0.3 is 5.97 Å². The molecule has 0 aromatic rings. The normalized spacial score (nSPS) is 13.3. The number of carbonyl (C=O) groups excluding carboxylic acids is 1. The van der Waals surface area contributed by atoms with E-state index in [4.69, 9.17) is 10.5 Å². The molecule has 0 radical (unpaired) electrons. The molecule has 0 saturated heterocycles. The maximum Gasteiger partial charge on any atom is 0.324 e. The first-order chi connectivity index (χ1) is 6.99. The lowest BCUT2D eigenvalue weighted by atomic mass is 10.1. The Morgan fingerprint density at radius 1 is 1.53 bits per heavy atom. The zero-order valence-corrected chi connectivity index (χ0v) is 10.6. The lowest BCUT2D eigenvalue weighted by molar-refractivity contribution is -0.146. The van der Waals surface area contributed by atoms with E-state index in [1.807, 2.05) is 32.2 Å². The lowest BCUT2D eigenvalue weighted by Crippen LogP contribution is -2.40. The Bertz CT molecular complexity index is 188. The summed E-state index contributed by atoms with van der Waals surface area (Å²) < 4.78 is 9.92. The molecule has 0 aromatic carbocycles. The zero-order valence-electron chi connectivity index (χ0n) is 9.82. The highest BCUT2D eigenvalue weighted by Crippen LogP contribution is 2.09. The SMILES string of the molecule is CC(C)[C@H](NSN(C)C)C(=O)OCCN. The van der Waals surface area contributed by atoms with Crippen LogP contribution in [0, 0.1) is 5.92 Å². The molecule has 0 aliphatic carbocycles. The number of hydrogen-bond acceptors (Lipinski definition) is 6. The van der Waals surface area contributed by atoms with Gasteiger partial charge in [0.1, 0.15) is 12.6 Å². The van der Waals surface area contributed by atoms with Gasteiger partial charge in [-0.05, 0) is 20.0 Å². The van der Waals surface area contributed by atoms with Gasteiger partial charge in [0.05, 0.1) is 0 Å². The molecule has 0 bridgehead atoms. The average Bonchev–Trinajstić information content (AvgIpc) is 2.13. The van der Waals surface area contributed by atoms with Crippen LogP contribution in [0.3, 0.4) is 0 Å². The van der Waals surface area contributed by atoms with Crippen molar-refractivity contribution in [3.8, 4) is 0 Å². The quantitative estimate of drug-likeness (QED) is 0.486. The minimum absolute atomic E-state index is 0.183. The minimum Gasteiger partial charge on any atom is -0.463 e. The van der Waals surface area contributed by atoms with Crippen molar-refractivity contribution in [3.05, 3.63) is 0 Å². The van der Waals surface area contributed by atoms with Crippen LogP contribution in [0.5, 0.6) is 0 Å². The van der Waals surface area contributed by atoms with Gasteiger partial charge in [-0.25, -0.2) is 9.03 Å². The number of esters is 1. The molecule has 0 aromatic heterocycles. The first kappa shape index (κ1) is 14.7. The van der Waals surface area contributed by atoms with E-state index in [0.29, 0.717) is 6.54 Å². The van der Waals surface area contributed by atoms with E-state index in [2.05, 4.69) is 4.72 Å². The Morgan fingerprint density at radius 3 is 2.53 bits per heavy atom. The number of carbonyl (C=O) groups is 1. The van der Waals surface area contributed by atoms with E-state index in [0.717, 1.165) is 0 Å². The Kier molecular flexibility index (Phi) is 7.76. The molecule has 1 atom stereocenters. The molecule has 0 aliphatic heterocycles. The molecular weight excluding hydrogens is 214 g/mol. The fraction of sp³-hybridized carbons (Fsp3) is 0.889. The van der Waals surface area contributed by atoms with Crippen LogP contribution in [0.4, 0.5) is 0 Å². The first-order valence-electron chi connectivity index (χ1n) is 4.95. The minimum atomic E-state index is -0.302. The fourth-order valence-electron chi connectivity index (χ4n) is 0.868. The Hall–Kier alpha value is -0.300. The van der Waals surface area contributed by atoms with Gasteiger partial charge in [-0.15, -0.1) is 0 Å². The number of nitrogens with two attached hydrogens (primary N) is 1. The maximum atomic E-state index is 11.6. The third-order valence-electron chi connectivity index (χ3n) is 1.65. The topological polar surface area (TPSA) is 67.6 Å². The molecule has 0 rings (SSSR count). The van der Waals surface area contributed by atoms with E-state index >= 15 is 0 Å². The summed E-state index contributed by atoms with van der Waals surface area (Å²) in [5.41, 5.74) is 5.26. The van der Waals surface area contributed by atoms with Crippen LogP contribution in [-0.2, 0) is 9.53 Å². The van der Waals surface area contributed by atoms with Crippen LogP contribution in [0.15, 0.2) is 0 Å². The summed E-state index contributed by atoms with van der Waals surface area (Å²) in [6.07, 6.45) is 0. The standard InChI is InChI=1S/C9H21N3O2S/c1-7(2)8(11-15-12(3)4)9(13)14-6-5-10/h7-8,11H,5-6,10H2,1-4H3/t8-/m0/s1. The van der Waals surface area contributed by atoms with Gasteiger partial charge in [-0.1, -0.05) is 13.8 Å². The van der Waals surface area contributed by atoms with E-state index in [-0.39, 0.29) is 24.5 Å². The van der Waals surface area contributed by atoms with Gasteiger partial charge < -0.3 is 10.5 Å². The van der Waals surface area contributed by atoms with Crippen LogP contribution < -0.4 is 10.5 Å². The van der Waals surface area contributed by atoms with Gasteiger partial charge in [0.2, 0.25) is 0 Å². The van der Waals surface area contributed by atoms with Crippen molar-refractivity contribution in [1.29, 1.82) is 0 Å². The van der Waals surface area contributed by atoms with Crippen molar-refractivity contribution in [2.45, 2.75) is 19.9 Å². The van der Waals surface area contributed by atoms with Crippen molar-refractivity contribution in [2.24, 2.45) is 11.7 Å². The van der Waals surface area contributed by atoms with E-state index in [1.54, 1.807) is 0 Å². The average molecular weight is 235 g/mol. The molecular formula is C9H21N3O2S. The number of ether oxygens (including phenoxy) is 1. The van der Waals surface area contributed by atoms with E-state index < -0.39 is 0 Å². The molecule has 5 nitrogen and oxygen atoms in total. The van der Waals surface area contributed by atoms with E-state index in [9.17, 15) is 4.79 Å². The molecule has 0 heterocycles. The second kappa shape index (κ2) is 7.92. The molecule has 0 fully saturated rings. The largest absolute Gasteiger partial charge is 0.463 e. The van der Waals surface area contributed by atoms with Gasteiger partial charge in [0.15, 0.2) is 0 Å². The van der Waals surface area contributed by atoms with Gasteiger partial charge in [-0.2, -0.15) is 0 Å². The number of nitrogens with zero attached hydrogens (tertiary/aromatic N) is 1. The fourth-order valence-corrected chi connectivity index (χ4v) is 1.56. The Balaban J connectivity index is 4.07. The van der Waals surface area contributed by atoms with Crippen molar-refractivity contribution in [2.75, 3.05) is 27.2 Å². The van der Waals surface area contributed by atoms with Crippen LogP contribution in [0.25, 0.3) is 0 Å². The highest BCUT2D eigenvalue weighted by atomic mass is 32.2. The molecule has 0 aliphatic rings. The summed E-state index contributed by atoms with van der Waals surface area (Å²) in [5.74, 6) is -0.0625. The molecule has 0 unspecified atom stereocenters. The highest BCUT2D eigenvalue weighted by Gasteiger charge is 2.23. The molecule has 15 heavy (non-hydrogen) atoms. The first-order valence-corrected chi connectivity index (χ1v) is 5.73. The summed E-state index contributed by atoms with van der Waals surface area (Å²) >= 11 is 1.38. The molecule has 0 amide bonds. The predicted octanol–water partition coefficient (Wildman–Crippen LogP) is 0.227. The number of hydrogen-bond donors (Lipinski definition) is 2. The second-order valence-electron chi connectivity index (χ2n) is 3.70. The second-order valence-corrected chi connectivity index (χ2v) is 4.85. The van der Waals surface area contributed by atoms with Gasteiger partial charge in [0, 0.05) is 18.7 Å². The number of rotatable bonds is 7. The predicted molar refractivity (Wildman–Crippen MR) is 63.1 cm³/mol. The third kappa shape index (κ3) is 6.72. The van der Waals surface area contributed by atoms with Crippen molar-refractivity contribution >= 4 is 18.1 Å². The summed E-state index contributed by atoms with van der Waals surface area (Å²) in [5, 5.41) is 0. The van der Waals surface area contributed by atoms with E-state index in [1.165, 1.54) is 12.1 Å². The summed E-state index contributed by atoms with van der Waals surface area (Å²) in [7, 11) is 3.81.